The topological polar surface area (TPSA) is 71.0 Å². The summed E-state index contributed by atoms with van der Waals surface area (Å²) < 4.78 is 1.92. The zero-order valence-corrected chi connectivity index (χ0v) is 15.6. The van der Waals surface area contributed by atoms with Crippen molar-refractivity contribution in [3.8, 4) is 0 Å². The monoisotopic (exact) mass is 367 g/mol. The Morgan fingerprint density at radius 2 is 1.85 bits per heavy atom. The number of nitrogens with one attached hydrogen (secondary N) is 3. The smallest absolute Gasteiger partial charge is 0.245 e. The number of fused-ring (bicyclic) bond motifs is 1. The summed E-state index contributed by atoms with van der Waals surface area (Å²) in [6.45, 7) is 2.11. The van der Waals surface area contributed by atoms with Gasteiger partial charge in [-0.1, -0.05) is 31.2 Å². The van der Waals surface area contributed by atoms with E-state index in [9.17, 15) is 4.79 Å². The maximum atomic E-state index is 12.2. The highest BCUT2D eigenvalue weighted by Crippen LogP contribution is 2.14. The normalized spacial score (nSPS) is 10.5. The predicted octanol–water partition coefficient (Wildman–Crippen LogP) is 2.70. The standard InChI is InChI=1S/C19H21N5OS/c1-3-13-8-10-14(11-9-13)20-19(26)23-22-18(25)12-17-21-15-6-4-5-7-16(15)24(17)2/h4-11H,3,12H2,1-2H3,(H,22,25)(H2,20,23,26). The summed E-state index contributed by atoms with van der Waals surface area (Å²) in [7, 11) is 1.90. The van der Waals surface area contributed by atoms with Gasteiger partial charge in [0.25, 0.3) is 0 Å². The summed E-state index contributed by atoms with van der Waals surface area (Å²) in [4.78, 5) is 16.7. The van der Waals surface area contributed by atoms with Gasteiger partial charge in [0.15, 0.2) is 5.11 Å². The minimum atomic E-state index is -0.214. The Bertz CT molecular complexity index is 933. The summed E-state index contributed by atoms with van der Waals surface area (Å²) in [6, 6.07) is 15.8. The Kier molecular flexibility index (Phi) is 5.48. The molecule has 3 aromatic rings. The number of hydrogen-bond donors (Lipinski definition) is 3. The van der Waals surface area contributed by atoms with Gasteiger partial charge in [0.05, 0.1) is 17.5 Å². The van der Waals surface area contributed by atoms with Crippen molar-refractivity contribution in [2.24, 2.45) is 7.05 Å². The fraction of sp³-hybridized carbons (Fsp3) is 0.211. The maximum absolute atomic E-state index is 12.2. The number of carbonyl (C=O) groups is 1. The average Bonchev–Trinajstić information content (AvgIpc) is 2.96. The molecule has 0 aliphatic rings. The SMILES string of the molecule is CCc1ccc(NC(=S)NNC(=O)Cc2nc3ccccc3n2C)cc1. The Morgan fingerprint density at radius 1 is 1.12 bits per heavy atom. The van der Waals surface area contributed by atoms with Crippen LogP contribution in [0.15, 0.2) is 48.5 Å². The molecule has 6 nitrogen and oxygen atoms in total. The van der Waals surface area contributed by atoms with Gasteiger partial charge in [0.2, 0.25) is 5.91 Å². The van der Waals surface area contributed by atoms with Gasteiger partial charge >= 0.3 is 0 Å². The average molecular weight is 367 g/mol. The van der Waals surface area contributed by atoms with Crippen molar-refractivity contribution in [1.29, 1.82) is 0 Å². The molecule has 0 aliphatic carbocycles. The minimum absolute atomic E-state index is 0.159. The zero-order valence-electron chi connectivity index (χ0n) is 14.7. The van der Waals surface area contributed by atoms with Crippen LogP contribution < -0.4 is 16.2 Å². The van der Waals surface area contributed by atoms with Gasteiger partial charge in [0, 0.05) is 12.7 Å². The molecule has 0 aliphatic heterocycles. The van der Waals surface area contributed by atoms with E-state index < -0.39 is 0 Å². The van der Waals surface area contributed by atoms with E-state index in [2.05, 4.69) is 28.1 Å². The molecule has 0 saturated heterocycles. The summed E-state index contributed by atoms with van der Waals surface area (Å²) >= 11 is 5.20. The van der Waals surface area contributed by atoms with Crippen LogP contribution in [-0.2, 0) is 24.7 Å². The third-order valence-electron chi connectivity index (χ3n) is 4.13. The third-order valence-corrected chi connectivity index (χ3v) is 4.34. The lowest BCUT2D eigenvalue weighted by molar-refractivity contribution is -0.121. The highest BCUT2D eigenvalue weighted by atomic mass is 32.1. The van der Waals surface area contributed by atoms with Gasteiger partial charge < -0.3 is 9.88 Å². The highest BCUT2D eigenvalue weighted by Gasteiger charge is 2.11. The molecule has 1 amide bonds. The van der Waals surface area contributed by atoms with Crippen molar-refractivity contribution in [3.05, 3.63) is 59.9 Å². The molecule has 26 heavy (non-hydrogen) atoms. The van der Waals surface area contributed by atoms with Crippen molar-refractivity contribution < 1.29 is 4.79 Å². The molecular weight excluding hydrogens is 346 g/mol. The fourth-order valence-electron chi connectivity index (χ4n) is 2.65. The first-order chi connectivity index (χ1) is 12.6. The number of nitrogens with zero attached hydrogens (tertiary/aromatic N) is 2. The van der Waals surface area contributed by atoms with E-state index in [4.69, 9.17) is 12.2 Å². The van der Waals surface area contributed by atoms with Crippen molar-refractivity contribution in [1.82, 2.24) is 20.4 Å². The number of thiocarbonyl (C=S) groups is 1. The van der Waals surface area contributed by atoms with Gasteiger partial charge in [0.1, 0.15) is 5.82 Å². The van der Waals surface area contributed by atoms with Crippen molar-refractivity contribution in [2.75, 3.05) is 5.32 Å². The van der Waals surface area contributed by atoms with Crippen LogP contribution in [0.2, 0.25) is 0 Å². The zero-order chi connectivity index (χ0) is 18.5. The van der Waals surface area contributed by atoms with Crippen LogP contribution in [0.4, 0.5) is 5.69 Å². The molecule has 0 spiro atoms. The van der Waals surface area contributed by atoms with Crippen LogP contribution in [0.1, 0.15) is 18.3 Å². The van der Waals surface area contributed by atoms with Gasteiger partial charge in [-0.2, -0.15) is 0 Å². The van der Waals surface area contributed by atoms with Crippen LogP contribution in [0.5, 0.6) is 0 Å². The molecule has 3 rings (SSSR count). The van der Waals surface area contributed by atoms with Gasteiger partial charge in [-0.05, 0) is 48.5 Å². The van der Waals surface area contributed by atoms with Crippen LogP contribution in [-0.4, -0.2) is 20.6 Å². The minimum Gasteiger partial charge on any atom is -0.331 e. The Labute approximate surface area is 157 Å². The number of amides is 1. The fourth-order valence-corrected chi connectivity index (χ4v) is 2.82. The number of aryl methyl sites for hydroxylation is 2. The number of hydrogen-bond acceptors (Lipinski definition) is 3. The number of carbonyl (C=O) groups excluding carboxylic acids is 1. The van der Waals surface area contributed by atoms with Gasteiger partial charge in [-0.25, -0.2) is 4.98 Å². The van der Waals surface area contributed by atoms with E-state index in [1.54, 1.807) is 0 Å². The number of benzene rings is 2. The van der Waals surface area contributed by atoms with E-state index in [-0.39, 0.29) is 12.3 Å². The van der Waals surface area contributed by atoms with Crippen molar-refractivity contribution in [2.45, 2.75) is 19.8 Å². The van der Waals surface area contributed by atoms with Crippen LogP contribution in [0.3, 0.4) is 0 Å². The molecule has 134 valence electrons. The van der Waals surface area contributed by atoms with E-state index in [1.807, 2.05) is 60.1 Å². The number of para-hydroxylation sites is 2. The van der Waals surface area contributed by atoms with Crippen LogP contribution in [0, 0.1) is 0 Å². The first-order valence-electron chi connectivity index (χ1n) is 8.42. The molecule has 1 heterocycles. The Balaban J connectivity index is 1.52. The molecule has 0 bridgehead atoms. The number of anilines is 1. The van der Waals surface area contributed by atoms with E-state index in [0.717, 1.165) is 23.1 Å². The number of aromatic nitrogens is 2. The molecule has 0 atom stereocenters. The second kappa shape index (κ2) is 7.97. The largest absolute Gasteiger partial charge is 0.331 e. The second-order valence-electron chi connectivity index (χ2n) is 5.93. The third kappa shape index (κ3) is 4.18. The summed E-state index contributed by atoms with van der Waals surface area (Å²) in [5.74, 6) is 0.480. The van der Waals surface area contributed by atoms with E-state index in [1.165, 1.54) is 5.56 Å². The van der Waals surface area contributed by atoms with Gasteiger partial charge in [-0.15, -0.1) is 0 Å². The molecule has 7 heteroatoms. The summed E-state index contributed by atoms with van der Waals surface area (Å²) in [6.07, 6.45) is 1.15. The Morgan fingerprint density at radius 3 is 2.54 bits per heavy atom. The maximum Gasteiger partial charge on any atom is 0.245 e. The number of hydrazine groups is 1. The van der Waals surface area contributed by atoms with Crippen molar-refractivity contribution >= 4 is 40.0 Å². The van der Waals surface area contributed by atoms with Crippen LogP contribution >= 0.6 is 12.2 Å². The lowest BCUT2D eigenvalue weighted by atomic mass is 10.1. The molecule has 2 aromatic carbocycles. The number of rotatable bonds is 4. The molecule has 3 N–H and O–H groups in total. The van der Waals surface area contributed by atoms with Crippen molar-refractivity contribution in [3.63, 3.8) is 0 Å². The summed E-state index contributed by atoms with van der Waals surface area (Å²) in [5.41, 5.74) is 9.31. The van der Waals surface area contributed by atoms with Crippen LogP contribution in [0.25, 0.3) is 11.0 Å². The quantitative estimate of drug-likeness (QED) is 0.489. The molecule has 0 unspecified atom stereocenters. The first-order valence-corrected chi connectivity index (χ1v) is 8.82. The van der Waals surface area contributed by atoms with Gasteiger partial charge in [-0.3, -0.25) is 15.6 Å². The predicted molar refractivity (Wildman–Crippen MR) is 108 cm³/mol. The molecule has 0 radical (unpaired) electrons. The Hall–Kier alpha value is -2.93. The molecule has 0 saturated carbocycles. The molecular formula is C19H21N5OS. The second-order valence-corrected chi connectivity index (χ2v) is 6.34. The van der Waals surface area contributed by atoms with E-state index >= 15 is 0 Å². The molecule has 1 aromatic heterocycles. The molecule has 0 fully saturated rings. The lowest BCUT2D eigenvalue weighted by Crippen LogP contribution is -2.44. The first kappa shape index (κ1) is 17.9. The summed E-state index contributed by atoms with van der Waals surface area (Å²) in [5, 5.41) is 3.36. The van der Waals surface area contributed by atoms with E-state index in [0.29, 0.717) is 10.9 Å². The lowest BCUT2D eigenvalue weighted by Gasteiger charge is -2.12. The highest BCUT2D eigenvalue weighted by molar-refractivity contribution is 7.80. The number of imidazole rings is 1.